The Bertz CT molecular complexity index is 625. The standard InChI is InChI=1S/C16H20N4O4/c1-2-23-16(22)20-7-5-19(6-8-20)12-13(10-17)15(21)18-11-14-4-3-9-24-14/h3-4,9,12H,2,5-8,11H2,1H3,(H,18,21)/b13-12-. The lowest BCUT2D eigenvalue weighted by Gasteiger charge is -2.33. The molecule has 2 amide bonds. The summed E-state index contributed by atoms with van der Waals surface area (Å²) in [4.78, 5) is 27.1. The van der Waals surface area contributed by atoms with Gasteiger partial charge in [-0.1, -0.05) is 0 Å². The molecule has 0 radical (unpaired) electrons. The Morgan fingerprint density at radius 3 is 2.75 bits per heavy atom. The second kappa shape index (κ2) is 8.62. The first-order valence-corrected chi connectivity index (χ1v) is 7.72. The first-order valence-electron chi connectivity index (χ1n) is 7.72. The summed E-state index contributed by atoms with van der Waals surface area (Å²) < 4.78 is 10.1. The van der Waals surface area contributed by atoms with Gasteiger partial charge in [0.15, 0.2) is 0 Å². The van der Waals surface area contributed by atoms with E-state index in [2.05, 4.69) is 5.32 Å². The van der Waals surface area contributed by atoms with Crippen molar-refractivity contribution >= 4 is 12.0 Å². The second-order valence-corrected chi connectivity index (χ2v) is 5.14. The van der Waals surface area contributed by atoms with Gasteiger partial charge in [0.05, 0.1) is 19.4 Å². The van der Waals surface area contributed by atoms with Crippen LogP contribution in [0.15, 0.2) is 34.6 Å². The predicted octanol–water partition coefficient (Wildman–Crippen LogP) is 1.08. The summed E-state index contributed by atoms with van der Waals surface area (Å²) >= 11 is 0. The average molecular weight is 332 g/mol. The van der Waals surface area contributed by atoms with Gasteiger partial charge in [0.1, 0.15) is 17.4 Å². The Hall–Kier alpha value is -2.95. The van der Waals surface area contributed by atoms with Crippen LogP contribution in [0.3, 0.4) is 0 Å². The fourth-order valence-corrected chi connectivity index (χ4v) is 2.24. The maximum Gasteiger partial charge on any atom is 0.409 e. The monoisotopic (exact) mass is 332 g/mol. The van der Waals surface area contributed by atoms with E-state index >= 15 is 0 Å². The first-order chi connectivity index (χ1) is 11.6. The highest BCUT2D eigenvalue weighted by Gasteiger charge is 2.21. The highest BCUT2D eigenvalue weighted by atomic mass is 16.6. The van der Waals surface area contributed by atoms with Crippen LogP contribution in [-0.4, -0.2) is 54.6 Å². The average Bonchev–Trinajstić information content (AvgIpc) is 3.12. The number of hydrogen-bond donors (Lipinski definition) is 1. The van der Waals surface area contributed by atoms with Crippen LogP contribution >= 0.6 is 0 Å². The summed E-state index contributed by atoms with van der Waals surface area (Å²) in [5.74, 6) is 0.158. The Morgan fingerprint density at radius 2 is 2.17 bits per heavy atom. The third-order valence-electron chi connectivity index (χ3n) is 3.52. The van der Waals surface area contributed by atoms with Gasteiger partial charge >= 0.3 is 6.09 Å². The van der Waals surface area contributed by atoms with Gasteiger partial charge < -0.3 is 24.3 Å². The minimum absolute atomic E-state index is 0.0196. The van der Waals surface area contributed by atoms with E-state index in [0.717, 1.165) is 0 Å². The molecular weight excluding hydrogens is 312 g/mol. The molecule has 8 heteroatoms. The number of furan rings is 1. The van der Waals surface area contributed by atoms with Gasteiger partial charge in [-0.3, -0.25) is 4.79 Å². The van der Waals surface area contributed by atoms with Crippen LogP contribution in [0.4, 0.5) is 4.79 Å². The van der Waals surface area contributed by atoms with Gasteiger partial charge in [-0.25, -0.2) is 4.79 Å². The Morgan fingerprint density at radius 1 is 1.42 bits per heavy atom. The second-order valence-electron chi connectivity index (χ2n) is 5.14. The minimum Gasteiger partial charge on any atom is -0.467 e. The number of ether oxygens (including phenoxy) is 1. The summed E-state index contributed by atoms with van der Waals surface area (Å²) in [6.07, 6.45) is 2.71. The lowest BCUT2D eigenvalue weighted by molar-refractivity contribution is -0.117. The Kier molecular flexibility index (Phi) is 6.25. The Balaban J connectivity index is 1.85. The largest absolute Gasteiger partial charge is 0.467 e. The van der Waals surface area contributed by atoms with Crippen LogP contribution in [0.5, 0.6) is 0 Å². The molecule has 0 spiro atoms. The molecule has 1 aromatic rings. The van der Waals surface area contributed by atoms with Crippen molar-refractivity contribution in [2.24, 2.45) is 0 Å². The fourth-order valence-electron chi connectivity index (χ4n) is 2.24. The number of hydrogen-bond acceptors (Lipinski definition) is 6. The van der Waals surface area contributed by atoms with Crippen molar-refractivity contribution in [2.45, 2.75) is 13.5 Å². The molecule has 0 aliphatic carbocycles. The van der Waals surface area contributed by atoms with Gasteiger partial charge in [-0.15, -0.1) is 0 Å². The van der Waals surface area contributed by atoms with Crippen LogP contribution in [0.25, 0.3) is 0 Å². The number of nitrogens with one attached hydrogen (secondary N) is 1. The summed E-state index contributed by atoms with van der Waals surface area (Å²) in [5, 5.41) is 11.8. The molecule has 2 rings (SSSR count). The maximum absolute atomic E-state index is 12.0. The highest BCUT2D eigenvalue weighted by Crippen LogP contribution is 2.07. The molecule has 0 atom stereocenters. The smallest absolute Gasteiger partial charge is 0.409 e. The van der Waals surface area contributed by atoms with Crippen molar-refractivity contribution in [1.82, 2.24) is 15.1 Å². The van der Waals surface area contributed by atoms with E-state index in [0.29, 0.717) is 38.5 Å². The molecular formula is C16H20N4O4. The van der Waals surface area contributed by atoms with Crippen LogP contribution in [0.2, 0.25) is 0 Å². The molecule has 2 heterocycles. The topological polar surface area (TPSA) is 98.8 Å². The summed E-state index contributed by atoms with van der Waals surface area (Å²) in [5.41, 5.74) is 0.0196. The zero-order valence-corrected chi connectivity index (χ0v) is 13.5. The lowest BCUT2D eigenvalue weighted by atomic mass is 10.2. The van der Waals surface area contributed by atoms with Gasteiger partial charge in [0.2, 0.25) is 0 Å². The van der Waals surface area contributed by atoms with Crippen molar-refractivity contribution < 1.29 is 18.7 Å². The number of carbonyl (C=O) groups excluding carboxylic acids is 2. The number of nitriles is 1. The third kappa shape index (κ3) is 4.78. The molecule has 0 unspecified atom stereocenters. The molecule has 1 N–H and O–H groups in total. The van der Waals surface area contributed by atoms with E-state index in [1.807, 2.05) is 11.0 Å². The molecule has 1 aliphatic rings. The van der Waals surface area contributed by atoms with E-state index in [9.17, 15) is 14.9 Å². The highest BCUT2D eigenvalue weighted by molar-refractivity contribution is 5.97. The summed E-state index contributed by atoms with van der Waals surface area (Å²) in [7, 11) is 0. The molecule has 1 aromatic heterocycles. The van der Waals surface area contributed by atoms with Gasteiger partial charge in [0.25, 0.3) is 5.91 Å². The number of nitrogens with zero attached hydrogens (tertiary/aromatic N) is 3. The molecule has 8 nitrogen and oxygen atoms in total. The minimum atomic E-state index is -0.457. The zero-order chi connectivity index (χ0) is 17.4. The summed E-state index contributed by atoms with van der Waals surface area (Å²) in [6.45, 7) is 4.38. The molecule has 0 saturated carbocycles. The predicted molar refractivity (Wildman–Crippen MR) is 84.4 cm³/mol. The fraction of sp³-hybridized carbons (Fsp3) is 0.438. The molecule has 1 saturated heterocycles. The number of piperazine rings is 1. The van der Waals surface area contributed by atoms with Crippen LogP contribution < -0.4 is 5.32 Å². The molecule has 1 fully saturated rings. The van der Waals surface area contributed by atoms with Crippen molar-refractivity contribution in [3.8, 4) is 6.07 Å². The summed E-state index contributed by atoms with van der Waals surface area (Å²) in [6, 6.07) is 5.37. The molecule has 0 aromatic carbocycles. The van der Waals surface area contributed by atoms with Crippen molar-refractivity contribution in [3.63, 3.8) is 0 Å². The molecule has 0 bridgehead atoms. The van der Waals surface area contributed by atoms with Crippen molar-refractivity contribution in [3.05, 3.63) is 35.9 Å². The maximum atomic E-state index is 12.0. The normalized spacial score (nSPS) is 14.9. The van der Waals surface area contributed by atoms with Crippen molar-refractivity contribution in [1.29, 1.82) is 5.26 Å². The number of rotatable bonds is 5. The molecule has 128 valence electrons. The van der Waals surface area contributed by atoms with Gasteiger partial charge in [0, 0.05) is 32.4 Å². The van der Waals surface area contributed by atoms with Gasteiger partial charge in [-0.2, -0.15) is 5.26 Å². The SMILES string of the molecule is CCOC(=O)N1CCN(/C=C(/C#N)C(=O)NCc2ccco2)CC1. The Labute approximate surface area is 140 Å². The quantitative estimate of drug-likeness (QED) is 0.640. The number of carbonyl (C=O) groups is 2. The van der Waals surface area contributed by atoms with Crippen LogP contribution in [0, 0.1) is 11.3 Å². The lowest BCUT2D eigenvalue weighted by Crippen LogP contribution is -2.47. The van der Waals surface area contributed by atoms with Crippen molar-refractivity contribution in [2.75, 3.05) is 32.8 Å². The number of amides is 2. The van der Waals surface area contributed by atoms with E-state index in [1.165, 1.54) is 12.5 Å². The van der Waals surface area contributed by atoms with Gasteiger partial charge in [-0.05, 0) is 19.1 Å². The molecule has 1 aliphatic heterocycles. The molecule has 24 heavy (non-hydrogen) atoms. The van der Waals surface area contributed by atoms with Crippen LogP contribution in [-0.2, 0) is 16.1 Å². The van der Waals surface area contributed by atoms with E-state index in [4.69, 9.17) is 9.15 Å². The first kappa shape index (κ1) is 17.4. The van der Waals surface area contributed by atoms with E-state index in [1.54, 1.807) is 24.0 Å². The zero-order valence-electron chi connectivity index (χ0n) is 13.5. The third-order valence-corrected chi connectivity index (χ3v) is 3.52. The van der Waals surface area contributed by atoms with E-state index < -0.39 is 5.91 Å². The van der Waals surface area contributed by atoms with E-state index in [-0.39, 0.29) is 18.2 Å². The van der Waals surface area contributed by atoms with Crippen LogP contribution in [0.1, 0.15) is 12.7 Å².